The van der Waals surface area contributed by atoms with E-state index in [1.54, 1.807) is 27.3 Å². The molecule has 0 fully saturated rings. The standard InChI is InChI=1S/C19H20N2O3S.C8H11NO/c1-13(22)12-21-25-16-6-3-14(4-7-16)24-19-9-10-20-18-11-15(23-2)5-8-17(18)19;1-10-8-4-2-7(6-9)3-5-8/h3-11,13,21-22H,12H2,1-2H3;2-5H,6,9H2,1H3. The minimum Gasteiger partial charge on any atom is -0.497 e. The van der Waals surface area contributed by atoms with E-state index in [9.17, 15) is 5.11 Å². The molecule has 0 bridgehead atoms. The molecule has 3 aromatic carbocycles. The molecule has 0 spiro atoms. The molecule has 4 aromatic rings. The van der Waals surface area contributed by atoms with Crippen LogP contribution in [-0.4, -0.2) is 37.0 Å². The minimum absolute atomic E-state index is 0.367. The van der Waals surface area contributed by atoms with Crippen LogP contribution in [0.3, 0.4) is 0 Å². The fourth-order valence-corrected chi connectivity index (χ4v) is 3.79. The van der Waals surface area contributed by atoms with Crippen molar-refractivity contribution in [2.75, 3.05) is 20.8 Å². The summed E-state index contributed by atoms with van der Waals surface area (Å²) in [6.07, 6.45) is 1.36. The normalized spacial score (nSPS) is 11.3. The van der Waals surface area contributed by atoms with E-state index < -0.39 is 0 Å². The molecule has 1 heterocycles. The van der Waals surface area contributed by atoms with Gasteiger partial charge in [-0.3, -0.25) is 9.71 Å². The van der Waals surface area contributed by atoms with Crippen molar-refractivity contribution in [3.63, 3.8) is 0 Å². The van der Waals surface area contributed by atoms with Crippen LogP contribution in [0, 0.1) is 0 Å². The number of ether oxygens (including phenoxy) is 3. The maximum atomic E-state index is 9.25. The van der Waals surface area contributed by atoms with Gasteiger partial charge >= 0.3 is 0 Å². The highest BCUT2D eigenvalue weighted by atomic mass is 32.2. The van der Waals surface area contributed by atoms with Gasteiger partial charge in [0.05, 0.1) is 25.8 Å². The zero-order valence-electron chi connectivity index (χ0n) is 20.1. The van der Waals surface area contributed by atoms with Gasteiger partial charge in [-0.1, -0.05) is 12.1 Å². The Hall–Kier alpha value is -3.30. The zero-order chi connectivity index (χ0) is 25.0. The highest BCUT2D eigenvalue weighted by Gasteiger charge is 2.06. The van der Waals surface area contributed by atoms with Crippen LogP contribution in [0.5, 0.6) is 23.0 Å². The average molecular weight is 494 g/mol. The summed E-state index contributed by atoms with van der Waals surface area (Å²) >= 11 is 1.48. The molecule has 1 atom stereocenters. The van der Waals surface area contributed by atoms with Gasteiger partial charge in [-0.25, -0.2) is 0 Å². The molecule has 0 saturated heterocycles. The van der Waals surface area contributed by atoms with E-state index in [1.165, 1.54) is 11.9 Å². The third-order valence-electron chi connectivity index (χ3n) is 4.92. The van der Waals surface area contributed by atoms with Crippen LogP contribution in [0.1, 0.15) is 12.5 Å². The van der Waals surface area contributed by atoms with Crippen LogP contribution in [0.15, 0.2) is 83.9 Å². The second-order valence-corrected chi connectivity index (χ2v) is 8.58. The lowest BCUT2D eigenvalue weighted by Crippen LogP contribution is -2.18. The smallest absolute Gasteiger partial charge is 0.138 e. The lowest BCUT2D eigenvalue weighted by molar-refractivity contribution is 0.200. The van der Waals surface area contributed by atoms with Crippen molar-refractivity contribution in [2.24, 2.45) is 5.73 Å². The molecular formula is C27H31N3O4S. The summed E-state index contributed by atoms with van der Waals surface area (Å²) < 4.78 is 19.3. The fourth-order valence-electron chi connectivity index (χ4n) is 3.03. The number of aliphatic hydroxyl groups is 1. The predicted octanol–water partition coefficient (Wildman–Crippen LogP) is 5.17. The molecule has 0 saturated carbocycles. The molecule has 1 unspecified atom stereocenters. The lowest BCUT2D eigenvalue weighted by Gasteiger charge is -2.10. The third-order valence-corrected chi connectivity index (χ3v) is 5.74. The summed E-state index contributed by atoms with van der Waals surface area (Å²) in [5.41, 5.74) is 7.35. The Balaban J connectivity index is 0.000000287. The van der Waals surface area contributed by atoms with Crippen LogP contribution in [0.2, 0.25) is 0 Å². The van der Waals surface area contributed by atoms with E-state index in [0.29, 0.717) is 13.1 Å². The van der Waals surface area contributed by atoms with E-state index in [2.05, 4.69) is 9.71 Å². The number of rotatable bonds is 9. The van der Waals surface area contributed by atoms with Gasteiger partial charge in [-0.05, 0) is 79.0 Å². The number of hydrogen-bond acceptors (Lipinski definition) is 8. The van der Waals surface area contributed by atoms with E-state index >= 15 is 0 Å². The Bertz CT molecular complexity index is 1160. The molecule has 4 N–H and O–H groups in total. The monoisotopic (exact) mass is 493 g/mol. The first-order valence-electron chi connectivity index (χ1n) is 11.1. The number of aromatic nitrogens is 1. The summed E-state index contributed by atoms with van der Waals surface area (Å²) in [7, 11) is 3.29. The summed E-state index contributed by atoms with van der Waals surface area (Å²) in [6.45, 7) is 2.87. The molecule has 0 aliphatic heterocycles. The van der Waals surface area contributed by atoms with Gasteiger partial charge in [0, 0.05) is 35.6 Å². The maximum absolute atomic E-state index is 9.25. The van der Waals surface area contributed by atoms with Crippen LogP contribution < -0.4 is 24.7 Å². The number of nitrogens with zero attached hydrogens (tertiary/aromatic N) is 1. The van der Waals surface area contributed by atoms with E-state index in [0.717, 1.165) is 44.4 Å². The molecular weight excluding hydrogens is 462 g/mol. The van der Waals surface area contributed by atoms with Crippen molar-refractivity contribution in [1.82, 2.24) is 9.71 Å². The lowest BCUT2D eigenvalue weighted by atomic mass is 10.2. The molecule has 0 aliphatic rings. The number of nitrogens with two attached hydrogens (primary N) is 1. The number of nitrogens with one attached hydrogen (secondary N) is 1. The molecule has 0 aliphatic carbocycles. The SMILES string of the molecule is COc1ccc(CN)cc1.COc1ccc2c(Oc3ccc(SNCC(C)O)cc3)ccnc2c1. The van der Waals surface area contributed by atoms with E-state index in [1.807, 2.05) is 72.8 Å². The van der Waals surface area contributed by atoms with E-state index in [-0.39, 0.29) is 6.10 Å². The maximum Gasteiger partial charge on any atom is 0.138 e. The molecule has 0 amide bonds. The van der Waals surface area contributed by atoms with Gasteiger partial charge in [0.15, 0.2) is 0 Å². The highest BCUT2D eigenvalue weighted by Crippen LogP contribution is 2.31. The number of benzene rings is 3. The largest absolute Gasteiger partial charge is 0.497 e. The number of fused-ring (bicyclic) bond motifs is 1. The number of aliphatic hydroxyl groups excluding tert-OH is 1. The number of methoxy groups -OCH3 is 2. The van der Waals surface area contributed by atoms with Crippen molar-refractivity contribution in [3.8, 4) is 23.0 Å². The molecule has 4 rings (SSSR count). The van der Waals surface area contributed by atoms with Crippen molar-refractivity contribution in [3.05, 3.63) is 84.6 Å². The second kappa shape index (κ2) is 13.6. The van der Waals surface area contributed by atoms with Gasteiger partial charge in [0.2, 0.25) is 0 Å². The van der Waals surface area contributed by atoms with Crippen LogP contribution in [0.4, 0.5) is 0 Å². The molecule has 7 nitrogen and oxygen atoms in total. The highest BCUT2D eigenvalue weighted by molar-refractivity contribution is 7.97. The second-order valence-electron chi connectivity index (χ2n) is 7.62. The fraction of sp³-hybridized carbons (Fsp3) is 0.222. The Morgan fingerprint density at radius 3 is 2.20 bits per heavy atom. The molecule has 184 valence electrons. The van der Waals surface area contributed by atoms with E-state index in [4.69, 9.17) is 19.9 Å². The van der Waals surface area contributed by atoms with Crippen molar-refractivity contribution >= 4 is 22.9 Å². The molecule has 35 heavy (non-hydrogen) atoms. The summed E-state index contributed by atoms with van der Waals surface area (Å²) in [5, 5.41) is 10.2. The van der Waals surface area contributed by atoms with Crippen LogP contribution in [0.25, 0.3) is 10.9 Å². The topological polar surface area (TPSA) is 98.9 Å². The predicted molar refractivity (Wildman–Crippen MR) is 141 cm³/mol. The molecule has 1 aromatic heterocycles. The zero-order valence-corrected chi connectivity index (χ0v) is 20.9. The molecule has 8 heteroatoms. The van der Waals surface area contributed by atoms with Crippen molar-refractivity contribution in [1.29, 1.82) is 0 Å². The van der Waals surface area contributed by atoms with Gasteiger partial charge in [-0.15, -0.1) is 0 Å². The van der Waals surface area contributed by atoms with Gasteiger partial charge in [0.1, 0.15) is 23.0 Å². The van der Waals surface area contributed by atoms with Gasteiger partial charge < -0.3 is 25.1 Å². The summed E-state index contributed by atoms with van der Waals surface area (Å²) in [6, 6.07) is 23.1. The average Bonchev–Trinajstić information content (AvgIpc) is 2.89. The Labute approximate surface area is 210 Å². The Morgan fingerprint density at radius 2 is 1.57 bits per heavy atom. The van der Waals surface area contributed by atoms with Crippen LogP contribution in [-0.2, 0) is 6.54 Å². The quantitative estimate of drug-likeness (QED) is 0.275. The van der Waals surface area contributed by atoms with Crippen molar-refractivity contribution in [2.45, 2.75) is 24.5 Å². The Morgan fingerprint density at radius 1 is 0.914 bits per heavy atom. The summed E-state index contributed by atoms with van der Waals surface area (Å²) in [5.74, 6) is 3.14. The number of hydrogen-bond donors (Lipinski definition) is 3. The number of pyridine rings is 1. The third kappa shape index (κ3) is 8.15. The van der Waals surface area contributed by atoms with Gasteiger partial charge in [-0.2, -0.15) is 0 Å². The molecule has 0 radical (unpaired) electrons. The Kier molecular flexibility index (Phi) is 10.2. The first-order valence-corrected chi connectivity index (χ1v) is 12.0. The first-order chi connectivity index (χ1) is 17.0. The van der Waals surface area contributed by atoms with Crippen molar-refractivity contribution < 1.29 is 19.3 Å². The summed E-state index contributed by atoms with van der Waals surface area (Å²) in [4.78, 5) is 5.42. The minimum atomic E-state index is -0.367. The van der Waals surface area contributed by atoms with Gasteiger partial charge in [0.25, 0.3) is 0 Å². The van der Waals surface area contributed by atoms with Crippen LogP contribution >= 0.6 is 11.9 Å². The first kappa shape index (κ1) is 26.3.